The Morgan fingerprint density at radius 1 is 1.33 bits per heavy atom. The SMILES string of the molecule is OC(Cc1ncc[nH]1)c1cccc(C(F)(F)F)c1. The second-order valence-corrected chi connectivity index (χ2v) is 3.88. The highest BCUT2D eigenvalue weighted by Crippen LogP contribution is 2.31. The topological polar surface area (TPSA) is 48.9 Å². The molecule has 0 saturated carbocycles. The number of halogens is 3. The second-order valence-electron chi connectivity index (χ2n) is 3.88. The molecule has 6 heteroatoms. The van der Waals surface area contributed by atoms with Gasteiger partial charge in [0.1, 0.15) is 5.82 Å². The Morgan fingerprint density at radius 2 is 2.11 bits per heavy atom. The van der Waals surface area contributed by atoms with Gasteiger partial charge in [-0.1, -0.05) is 12.1 Å². The van der Waals surface area contributed by atoms with Gasteiger partial charge in [0.2, 0.25) is 0 Å². The van der Waals surface area contributed by atoms with Crippen LogP contribution in [0, 0.1) is 0 Å². The van der Waals surface area contributed by atoms with E-state index in [1.807, 2.05) is 0 Å². The molecule has 3 nitrogen and oxygen atoms in total. The van der Waals surface area contributed by atoms with E-state index in [1.54, 1.807) is 6.20 Å². The summed E-state index contributed by atoms with van der Waals surface area (Å²) in [7, 11) is 0. The number of aliphatic hydroxyl groups excluding tert-OH is 1. The zero-order valence-corrected chi connectivity index (χ0v) is 9.28. The molecular weight excluding hydrogens is 245 g/mol. The predicted octanol–water partition coefficient (Wildman–Crippen LogP) is 2.70. The molecule has 1 aromatic carbocycles. The van der Waals surface area contributed by atoms with E-state index in [0.717, 1.165) is 12.1 Å². The number of H-pyrrole nitrogens is 1. The molecule has 1 aromatic heterocycles. The van der Waals surface area contributed by atoms with Crippen molar-refractivity contribution in [2.24, 2.45) is 0 Å². The van der Waals surface area contributed by atoms with E-state index in [1.165, 1.54) is 18.3 Å². The molecule has 2 aromatic rings. The number of rotatable bonds is 3. The molecule has 2 N–H and O–H groups in total. The number of alkyl halides is 3. The van der Waals surface area contributed by atoms with E-state index in [2.05, 4.69) is 9.97 Å². The van der Waals surface area contributed by atoms with Gasteiger partial charge in [-0.25, -0.2) is 4.98 Å². The monoisotopic (exact) mass is 256 g/mol. The molecule has 0 fully saturated rings. The van der Waals surface area contributed by atoms with Crippen LogP contribution in [0.3, 0.4) is 0 Å². The maximum atomic E-state index is 12.5. The quantitative estimate of drug-likeness (QED) is 0.887. The molecular formula is C12H11F3N2O. The maximum Gasteiger partial charge on any atom is 0.416 e. The van der Waals surface area contributed by atoms with Crippen molar-refractivity contribution >= 4 is 0 Å². The van der Waals surface area contributed by atoms with Gasteiger partial charge < -0.3 is 10.1 Å². The Morgan fingerprint density at radius 3 is 2.72 bits per heavy atom. The summed E-state index contributed by atoms with van der Waals surface area (Å²) in [6.07, 6.45) is -2.16. The Labute approximate surface area is 101 Å². The van der Waals surface area contributed by atoms with Crippen molar-refractivity contribution in [1.29, 1.82) is 0 Å². The largest absolute Gasteiger partial charge is 0.416 e. The third kappa shape index (κ3) is 2.89. The van der Waals surface area contributed by atoms with Gasteiger partial charge in [0.15, 0.2) is 0 Å². The molecule has 1 unspecified atom stereocenters. The van der Waals surface area contributed by atoms with Crippen molar-refractivity contribution in [2.45, 2.75) is 18.7 Å². The van der Waals surface area contributed by atoms with Crippen LogP contribution in [0.5, 0.6) is 0 Å². The van der Waals surface area contributed by atoms with Gasteiger partial charge in [0.25, 0.3) is 0 Å². The fraction of sp³-hybridized carbons (Fsp3) is 0.250. The van der Waals surface area contributed by atoms with Gasteiger partial charge in [-0.3, -0.25) is 0 Å². The maximum absolute atomic E-state index is 12.5. The molecule has 0 radical (unpaired) electrons. The normalized spacial score (nSPS) is 13.6. The number of hydrogen-bond donors (Lipinski definition) is 2. The standard InChI is InChI=1S/C12H11F3N2O/c13-12(14,15)9-3-1-2-8(6-9)10(18)7-11-16-4-5-17-11/h1-6,10,18H,7H2,(H,16,17). The number of aliphatic hydroxyl groups is 1. The average Bonchev–Trinajstić information content (AvgIpc) is 2.81. The van der Waals surface area contributed by atoms with E-state index in [0.29, 0.717) is 5.82 Å². The number of benzene rings is 1. The first kappa shape index (κ1) is 12.6. The zero-order valence-electron chi connectivity index (χ0n) is 9.28. The summed E-state index contributed by atoms with van der Waals surface area (Å²) in [6.45, 7) is 0. The van der Waals surface area contributed by atoms with Gasteiger partial charge in [0.05, 0.1) is 11.7 Å². The van der Waals surface area contributed by atoms with Crippen molar-refractivity contribution in [2.75, 3.05) is 0 Å². The molecule has 0 aliphatic rings. The first-order valence-electron chi connectivity index (χ1n) is 5.30. The molecule has 0 saturated heterocycles. The summed E-state index contributed by atoms with van der Waals surface area (Å²) < 4.78 is 37.5. The third-order valence-corrected chi connectivity index (χ3v) is 2.54. The molecule has 96 valence electrons. The number of aromatic amines is 1. The molecule has 0 bridgehead atoms. The van der Waals surface area contributed by atoms with Crippen molar-refractivity contribution in [3.63, 3.8) is 0 Å². The smallest absolute Gasteiger partial charge is 0.388 e. The van der Waals surface area contributed by atoms with Crippen LogP contribution in [0.1, 0.15) is 23.1 Å². The highest BCUT2D eigenvalue weighted by atomic mass is 19.4. The number of hydrogen-bond acceptors (Lipinski definition) is 2. The molecule has 0 spiro atoms. The number of imidazole rings is 1. The lowest BCUT2D eigenvalue weighted by Gasteiger charge is -2.12. The summed E-state index contributed by atoms with van der Waals surface area (Å²) in [5.74, 6) is 0.528. The van der Waals surface area contributed by atoms with Crippen LogP contribution in [0.4, 0.5) is 13.2 Å². The molecule has 0 aliphatic carbocycles. The van der Waals surface area contributed by atoms with E-state index >= 15 is 0 Å². The molecule has 1 heterocycles. The first-order valence-corrected chi connectivity index (χ1v) is 5.30. The molecule has 0 aliphatic heterocycles. The Bertz CT molecular complexity index is 508. The molecule has 1 atom stereocenters. The van der Waals surface area contributed by atoms with Crippen molar-refractivity contribution in [3.05, 3.63) is 53.6 Å². The van der Waals surface area contributed by atoms with Crippen LogP contribution in [0.25, 0.3) is 0 Å². The summed E-state index contributed by atoms with van der Waals surface area (Å²) in [6, 6.07) is 4.67. The molecule has 0 amide bonds. The van der Waals surface area contributed by atoms with Gasteiger partial charge >= 0.3 is 6.18 Å². The van der Waals surface area contributed by atoms with Crippen molar-refractivity contribution in [1.82, 2.24) is 9.97 Å². The van der Waals surface area contributed by atoms with Crippen LogP contribution >= 0.6 is 0 Å². The lowest BCUT2D eigenvalue weighted by Crippen LogP contribution is -2.08. The fourth-order valence-corrected chi connectivity index (χ4v) is 1.63. The zero-order chi connectivity index (χ0) is 13.2. The lowest BCUT2D eigenvalue weighted by atomic mass is 10.0. The van der Waals surface area contributed by atoms with Crippen LogP contribution in [0.2, 0.25) is 0 Å². The van der Waals surface area contributed by atoms with E-state index in [9.17, 15) is 18.3 Å². The number of nitrogens with zero attached hydrogens (tertiary/aromatic N) is 1. The molecule has 2 rings (SSSR count). The minimum absolute atomic E-state index is 0.147. The number of aromatic nitrogens is 2. The average molecular weight is 256 g/mol. The Kier molecular flexibility index (Phi) is 3.38. The summed E-state index contributed by atoms with van der Waals surface area (Å²) in [5, 5.41) is 9.86. The fourth-order valence-electron chi connectivity index (χ4n) is 1.63. The lowest BCUT2D eigenvalue weighted by molar-refractivity contribution is -0.137. The van der Waals surface area contributed by atoms with Gasteiger partial charge in [-0.05, 0) is 17.7 Å². The highest BCUT2D eigenvalue weighted by molar-refractivity contribution is 5.27. The summed E-state index contributed by atoms with van der Waals surface area (Å²) >= 11 is 0. The number of nitrogens with one attached hydrogen (secondary N) is 1. The van der Waals surface area contributed by atoms with Gasteiger partial charge in [-0.15, -0.1) is 0 Å². The Hall–Kier alpha value is -1.82. The molecule has 18 heavy (non-hydrogen) atoms. The second kappa shape index (κ2) is 4.81. The van der Waals surface area contributed by atoms with Crippen LogP contribution in [0.15, 0.2) is 36.7 Å². The minimum Gasteiger partial charge on any atom is -0.388 e. The minimum atomic E-state index is -4.40. The predicted molar refractivity (Wildman–Crippen MR) is 58.7 cm³/mol. The first-order chi connectivity index (χ1) is 8.47. The van der Waals surface area contributed by atoms with E-state index in [-0.39, 0.29) is 12.0 Å². The van der Waals surface area contributed by atoms with E-state index < -0.39 is 17.8 Å². The van der Waals surface area contributed by atoms with E-state index in [4.69, 9.17) is 0 Å². The Balaban J connectivity index is 2.18. The van der Waals surface area contributed by atoms with Crippen LogP contribution in [-0.2, 0) is 12.6 Å². The summed E-state index contributed by atoms with van der Waals surface area (Å²) in [5.41, 5.74) is -0.542. The summed E-state index contributed by atoms with van der Waals surface area (Å²) in [4.78, 5) is 6.70. The van der Waals surface area contributed by atoms with Crippen LogP contribution < -0.4 is 0 Å². The van der Waals surface area contributed by atoms with Crippen molar-refractivity contribution in [3.8, 4) is 0 Å². The van der Waals surface area contributed by atoms with Gasteiger partial charge in [-0.2, -0.15) is 13.2 Å². The van der Waals surface area contributed by atoms with Crippen molar-refractivity contribution < 1.29 is 18.3 Å². The van der Waals surface area contributed by atoms with Crippen LogP contribution in [-0.4, -0.2) is 15.1 Å². The highest BCUT2D eigenvalue weighted by Gasteiger charge is 2.30. The third-order valence-electron chi connectivity index (χ3n) is 2.54. The van der Waals surface area contributed by atoms with Gasteiger partial charge in [0, 0.05) is 18.8 Å².